The van der Waals surface area contributed by atoms with Gasteiger partial charge in [-0.25, -0.2) is 4.79 Å². The van der Waals surface area contributed by atoms with E-state index in [-0.39, 0.29) is 0 Å². The summed E-state index contributed by atoms with van der Waals surface area (Å²) >= 11 is 5.85. The van der Waals surface area contributed by atoms with Gasteiger partial charge in [-0.15, -0.1) is 0 Å². The first-order valence-electron chi connectivity index (χ1n) is 9.01. The maximum absolute atomic E-state index is 11.9. The van der Waals surface area contributed by atoms with Crippen LogP contribution in [0.25, 0.3) is 0 Å². The fourth-order valence-electron chi connectivity index (χ4n) is 2.77. The van der Waals surface area contributed by atoms with Gasteiger partial charge in [0.15, 0.2) is 0 Å². The van der Waals surface area contributed by atoms with E-state index >= 15 is 0 Å². The van der Waals surface area contributed by atoms with Gasteiger partial charge >= 0.3 is 5.97 Å². The molecule has 3 rings (SSSR count). The van der Waals surface area contributed by atoms with Gasteiger partial charge in [-0.1, -0.05) is 54.1 Å². The fraction of sp³-hybridized carbons (Fsp3) is 0.174. The molecule has 6 heteroatoms. The van der Waals surface area contributed by atoms with Crippen molar-refractivity contribution in [2.75, 3.05) is 0 Å². The summed E-state index contributed by atoms with van der Waals surface area (Å²) in [5.74, 6) is -0.383. The molecule has 0 spiro atoms. The van der Waals surface area contributed by atoms with Crippen LogP contribution in [0.3, 0.4) is 0 Å². The summed E-state index contributed by atoms with van der Waals surface area (Å²) in [4.78, 5) is 11.9. The summed E-state index contributed by atoms with van der Waals surface area (Å²) in [7, 11) is 0. The van der Waals surface area contributed by atoms with Crippen molar-refractivity contribution in [1.29, 1.82) is 0 Å². The third-order valence-corrected chi connectivity index (χ3v) is 4.79. The highest BCUT2D eigenvalue weighted by atomic mass is 35.5. The quantitative estimate of drug-likeness (QED) is 0.551. The number of hydrogen-bond acceptors (Lipinski definition) is 4. The first-order chi connectivity index (χ1) is 13.9. The van der Waals surface area contributed by atoms with Gasteiger partial charge in [0, 0.05) is 5.02 Å². The topological polar surface area (TPSA) is 76.0 Å². The van der Waals surface area contributed by atoms with Gasteiger partial charge in [0.05, 0.1) is 0 Å². The van der Waals surface area contributed by atoms with Gasteiger partial charge in [-0.3, -0.25) is 0 Å². The van der Waals surface area contributed by atoms with Crippen LogP contribution in [0, 0.1) is 0 Å². The monoisotopic (exact) mass is 412 g/mol. The zero-order valence-electron chi connectivity index (χ0n) is 15.8. The molecule has 5 nitrogen and oxygen atoms in total. The Labute approximate surface area is 174 Å². The van der Waals surface area contributed by atoms with Gasteiger partial charge in [0.1, 0.15) is 24.2 Å². The van der Waals surface area contributed by atoms with E-state index in [1.807, 2.05) is 30.3 Å². The molecular weight excluding hydrogens is 392 g/mol. The molecule has 150 valence electrons. The van der Waals surface area contributed by atoms with Gasteiger partial charge < -0.3 is 19.7 Å². The maximum Gasteiger partial charge on any atom is 0.350 e. The van der Waals surface area contributed by atoms with Crippen LogP contribution in [0.5, 0.6) is 11.5 Å². The van der Waals surface area contributed by atoms with Crippen molar-refractivity contribution in [3.8, 4) is 11.5 Å². The first kappa shape index (κ1) is 20.7. The van der Waals surface area contributed by atoms with E-state index in [1.54, 1.807) is 48.5 Å². The summed E-state index contributed by atoms with van der Waals surface area (Å²) in [6, 6.07) is 22.6. The highest BCUT2D eigenvalue weighted by Gasteiger charge is 2.44. The molecule has 2 unspecified atom stereocenters. The standard InChI is InChI=1S/C23H21ClO5/c1-23(22(26)27,29-20-13-9-18(24)10-14-20)21(25)17-7-11-19(12-8-17)28-15-16-5-3-2-4-6-16/h2-14,21,25H,15H2,1H3,(H,26,27). The number of carboxylic acid groups (broad SMARTS) is 1. The highest BCUT2D eigenvalue weighted by Crippen LogP contribution is 2.32. The third kappa shape index (κ3) is 5.08. The minimum atomic E-state index is -1.89. The van der Waals surface area contributed by atoms with Gasteiger partial charge in [-0.2, -0.15) is 0 Å². The van der Waals surface area contributed by atoms with E-state index in [9.17, 15) is 15.0 Å². The van der Waals surface area contributed by atoms with E-state index < -0.39 is 17.7 Å². The molecular formula is C23H21ClO5. The second kappa shape index (κ2) is 8.99. The van der Waals surface area contributed by atoms with Crippen LogP contribution in [0.4, 0.5) is 0 Å². The Morgan fingerprint density at radius 3 is 2.14 bits per heavy atom. The summed E-state index contributed by atoms with van der Waals surface area (Å²) in [5, 5.41) is 21.0. The molecule has 29 heavy (non-hydrogen) atoms. The minimum Gasteiger partial charge on any atom is -0.489 e. The fourth-order valence-corrected chi connectivity index (χ4v) is 2.90. The predicted molar refractivity (Wildman–Crippen MR) is 110 cm³/mol. The molecule has 0 amide bonds. The number of carboxylic acids is 1. The number of ether oxygens (including phenoxy) is 2. The largest absolute Gasteiger partial charge is 0.489 e. The SMILES string of the molecule is CC(Oc1ccc(Cl)cc1)(C(=O)O)C(O)c1ccc(OCc2ccccc2)cc1. The lowest BCUT2D eigenvalue weighted by atomic mass is 9.92. The lowest BCUT2D eigenvalue weighted by Crippen LogP contribution is -2.47. The lowest BCUT2D eigenvalue weighted by Gasteiger charge is -2.31. The molecule has 0 saturated heterocycles. The van der Waals surface area contributed by atoms with E-state index in [2.05, 4.69) is 0 Å². The zero-order valence-corrected chi connectivity index (χ0v) is 16.5. The van der Waals surface area contributed by atoms with Crippen molar-refractivity contribution in [3.05, 3.63) is 95.0 Å². The Morgan fingerprint density at radius 1 is 0.966 bits per heavy atom. The Morgan fingerprint density at radius 2 is 1.55 bits per heavy atom. The van der Waals surface area contributed by atoms with Crippen molar-refractivity contribution in [3.63, 3.8) is 0 Å². The molecule has 0 radical (unpaired) electrons. The Balaban J connectivity index is 1.73. The number of aliphatic hydroxyl groups excluding tert-OH is 1. The Hall–Kier alpha value is -3.02. The van der Waals surface area contributed by atoms with Crippen LogP contribution in [-0.4, -0.2) is 21.8 Å². The van der Waals surface area contributed by atoms with E-state index in [1.165, 1.54) is 6.92 Å². The number of carbonyl (C=O) groups is 1. The second-order valence-corrected chi connectivity index (χ2v) is 7.15. The maximum atomic E-state index is 11.9. The van der Waals surface area contributed by atoms with Gasteiger partial charge in [-0.05, 0) is 54.4 Å². The first-order valence-corrected chi connectivity index (χ1v) is 9.39. The van der Waals surface area contributed by atoms with E-state index in [0.717, 1.165) is 5.56 Å². The molecule has 0 aliphatic rings. The Bertz CT molecular complexity index is 941. The lowest BCUT2D eigenvalue weighted by molar-refractivity contribution is -0.164. The highest BCUT2D eigenvalue weighted by molar-refractivity contribution is 6.30. The molecule has 3 aromatic rings. The minimum absolute atomic E-state index is 0.293. The molecule has 2 N–H and O–H groups in total. The molecule has 0 heterocycles. The van der Waals surface area contributed by atoms with Crippen molar-refractivity contribution < 1.29 is 24.5 Å². The van der Waals surface area contributed by atoms with Gasteiger partial charge in [0.2, 0.25) is 5.60 Å². The summed E-state index contributed by atoms with van der Waals surface area (Å²) in [5.41, 5.74) is -0.456. The van der Waals surface area contributed by atoms with Crippen LogP contribution in [0.15, 0.2) is 78.9 Å². The number of rotatable bonds is 8. The predicted octanol–water partition coefficient (Wildman–Crippen LogP) is 4.87. The van der Waals surface area contributed by atoms with Crippen molar-refractivity contribution >= 4 is 17.6 Å². The molecule has 0 aromatic heterocycles. The molecule has 3 aromatic carbocycles. The number of benzene rings is 3. The van der Waals surface area contributed by atoms with Crippen LogP contribution >= 0.6 is 11.6 Å². The molecule has 0 saturated carbocycles. The van der Waals surface area contributed by atoms with Crippen LogP contribution in [-0.2, 0) is 11.4 Å². The average molecular weight is 413 g/mol. The number of hydrogen-bond donors (Lipinski definition) is 2. The normalized spacial score (nSPS) is 13.9. The average Bonchev–Trinajstić information content (AvgIpc) is 2.74. The van der Waals surface area contributed by atoms with Crippen LogP contribution in [0.2, 0.25) is 5.02 Å². The molecule has 0 aliphatic heterocycles. The Kier molecular flexibility index (Phi) is 6.42. The number of aliphatic carboxylic acids is 1. The zero-order chi connectivity index (χ0) is 20.9. The van der Waals surface area contributed by atoms with Crippen molar-refractivity contribution in [1.82, 2.24) is 0 Å². The van der Waals surface area contributed by atoms with Gasteiger partial charge in [0.25, 0.3) is 0 Å². The molecule has 0 bridgehead atoms. The van der Waals surface area contributed by atoms with Crippen molar-refractivity contribution in [2.45, 2.75) is 25.2 Å². The molecule has 0 fully saturated rings. The summed E-state index contributed by atoms with van der Waals surface area (Å²) in [6.45, 7) is 1.74. The number of halogens is 1. The molecule has 0 aliphatic carbocycles. The van der Waals surface area contributed by atoms with Crippen molar-refractivity contribution in [2.24, 2.45) is 0 Å². The smallest absolute Gasteiger partial charge is 0.350 e. The van der Waals surface area contributed by atoms with E-state index in [0.29, 0.717) is 28.7 Å². The summed E-state index contributed by atoms with van der Waals surface area (Å²) in [6.07, 6.45) is -1.40. The second-order valence-electron chi connectivity index (χ2n) is 6.71. The molecule has 2 atom stereocenters. The third-order valence-electron chi connectivity index (χ3n) is 4.53. The summed E-state index contributed by atoms with van der Waals surface area (Å²) < 4.78 is 11.4. The van der Waals surface area contributed by atoms with Crippen LogP contribution in [0.1, 0.15) is 24.2 Å². The van der Waals surface area contributed by atoms with E-state index in [4.69, 9.17) is 21.1 Å². The van der Waals surface area contributed by atoms with Crippen LogP contribution < -0.4 is 9.47 Å². The number of aliphatic hydroxyl groups is 1.